The fraction of sp³-hybridized carbons (Fsp3) is 0.348. The number of esters is 1. The molecule has 0 saturated carbocycles. The SMILES string of the molecule is CCOC(=O)c1ccc(NC(=O)[C@@H]2C[C@H]([C@@H](C)O)N[C@]23C(=O)Nc2ccc(F)cc23)cc1. The molecule has 8 nitrogen and oxygen atoms in total. The maximum absolute atomic E-state index is 14.1. The Morgan fingerprint density at radius 3 is 2.66 bits per heavy atom. The number of fused-ring (bicyclic) bond motifs is 2. The molecule has 4 rings (SSSR count). The van der Waals surface area contributed by atoms with Gasteiger partial charge >= 0.3 is 5.97 Å². The van der Waals surface area contributed by atoms with Crippen LogP contribution in [0.4, 0.5) is 15.8 Å². The first-order valence-corrected chi connectivity index (χ1v) is 10.4. The van der Waals surface area contributed by atoms with Gasteiger partial charge < -0.3 is 20.5 Å². The average Bonchev–Trinajstić information content (AvgIpc) is 3.29. The highest BCUT2D eigenvalue weighted by atomic mass is 19.1. The molecule has 4 N–H and O–H groups in total. The number of amides is 2. The van der Waals surface area contributed by atoms with Gasteiger partial charge in [0.05, 0.1) is 24.2 Å². The summed E-state index contributed by atoms with van der Waals surface area (Å²) in [6.45, 7) is 3.53. The van der Waals surface area contributed by atoms with Crippen molar-refractivity contribution in [1.29, 1.82) is 0 Å². The number of carbonyl (C=O) groups excluding carboxylic acids is 3. The zero-order valence-electron chi connectivity index (χ0n) is 17.6. The number of nitrogens with one attached hydrogen (secondary N) is 3. The van der Waals surface area contributed by atoms with Crippen LogP contribution in [0.25, 0.3) is 0 Å². The minimum atomic E-state index is -1.51. The number of hydrogen-bond acceptors (Lipinski definition) is 6. The molecule has 1 fully saturated rings. The van der Waals surface area contributed by atoms with Gasteiger partial charge in [0.1, 0.15) is 11.4 Å². The van der Waals surface area contributed by atoms with Crippen molar-refractivity contribution >= 4 is 29.2 Å². The number of anilines is 2. The Morgan fingerprint density at radius 1 is 1.28 bits per heavy atom. The van der Waals surface area contributed by atoms with Gasteiger partial charge in [-0.15, -0.1) is 0 Å². The fourth-order valence-corrected chi connectivity index (χ4v) is 4.42. The molecule has 0 bridgehead atoms. The summed E-state index contributed by atoms with van der Waals surface area (Å²) in [5, 5.41) is 18.7. The summed E-state index contributed by atoms with van der Waals surface area (Å²) in [5.74, 6) is -2.84. The fourth-order valence-electron chi connectivity index (χ4n) is 4.42. The third-order valence-electron chi connectivity index (χ3n) is 6.00. The van der Waals surface area contributed by atoms with Crippen LogP contribution in [-0.4, -0.2) is 41.6 Å². The molecule has 4 atom stereocenters. The van der Waals surface area contributed by atoms with E-state index in [1.807, 2.05) is 0 Å². The number of aliphatic hydroxyl groups is 1. The van der Waals surface area contributed by atoms with Crippen molar-refractivity contribution in [3.05, 3.63) is 59.4 Å². The summed E-state index contributed by atoms with van der Waals surface area (Å²) in [6, 6.07) is 9.57. The van der Waals surface area contributed by atoms with E-state index in [0.717, 1.165) is 0 Å². The number of aliphatic hydroxyl groups excluding tert-OH is 1. The van der Waals surface area contributed by atoms with E-state index in [2.05, 4.69) is 16.0 Å². The van der Waals surface area contributed by atoms with Crippen LogP contribution in [0.15, 0.2) is 42.5 Å². The smallest absolute Gasteiger partial charge is 0.338 e. The first kappa shape index (κ1) is 21.9. The summed E-state index contributed by atoms with van der Waals surface area (Å²) in [5.41, 5.74) is 0.0259. The molecule has 9 heteroatoms. The van der Waals surface area contributed by atoms with Crippen molar-refractivity contribution in [2.75, 3.05) is 17.2 Å². The highest BCUT2D eigenvalue weighted by molar-refractivity contribution is 6.10. The molecule has 0 aromatic heterocycles. The molecule has 2 amide bonds. The van der Waals surface area contributed by atoms with Gasteiger partial charge in [0.2, 0.25) is 11.8 Å². The highest BCUT2D eigenvalue weighted by Gasteiger charge is 2.60. The van der Waals surface area contributed by atoms with Crippen LogP contribution in [-0.2, 0) is 19.9 Å². The first-order chi connectivity index (χ1) is 15.3. The van der Waals surface area contributed by atoms with Crippen LogP contribution in [0.1, 0.15) is 36.2 Å². The topological polar surface area (TPSA) is 117 Å². The predicted octanol–water partition coefficient (Wildman–Crippen LogP) is 2.15. The van der Waals surface area contributed by atoms with E-state index in [-0.39, 0.29) is 13.0 Å². The largest absolute Gasteiger partial charge is 0.462 e. The van der Waals surface area contributed by atoms with Gasteiger partial charge in [-0.05, 0) is 62.7 Å². The Kier molecular flexibility index (Phi) is 5.70. The molecule has 2 aliphatic heterocycles. The second-order valence-electron chi connectivity index (χ2n) is 8.02. The number of carbonyl (C=O) groups is 3. The predicted molar refractivity (Wildman–Crippen MR) is 114 cm³/mol. The van der Waals surface area contributed by atoms with E-state index in [1.54, 1.807) is 26.0 Å². The molecule has 0 unspecified atom stereocenters. The Labute approximate surface area is 184 Å². The standard InChI is InChI=1S/C23H24FN3O5/c1-3-32-21(30)13-4-7-15(8-5-13)25-20(29)17-11-19(12(2)28)27-23(17)16-10-14(24)6-9-18(16)26-22(23)31/h4-10,12,17,19,27-28H,3,11H2,1-2H3,(H,25,29)(H,26,31)/t12-,17+,19-,23+/m1/s1. The first-order valence-electron chi connectivity index (χ1n) is 10.4. The van der Waals surface area contributed by atoms with E-state index < -0.39 is 47.2 Å². The van der Waals surface area contributed by atoms with Crippen LogP contribution in [0.5, 0.6) is 0 Å². The van der Waals surface area contributed by atoms with E-state index in [0.29, 0.717) is 22.5 Å². The number of ether oxygens (including phenoxy) is 1. The molecule has 1 saturated heterocycles. The lowest BCUT2D eigenvalue weighted by Crippen LogP contribution is -2.53. The molecular formula is C23H24FN3O5. The maximum atomic E-state index is 14.1. The van der Waals surface area contributed by atoms with E-state index in [9.17, 15) is 23.9 Å². The zero-order valence-corrected chi connectivity index (χ0v) is 17.6. The van der Waals surface area contributed by atoms with Crippen molar-refractivity contribution in [3.63, 3.8) is 0 Å². The summed E-state index contributed by atoms with van der Waals surface area (Å²) < 4.78 is 19.0. The Hall–Kier alpha value is -3.30. The van der Waals surface area contributed by atoms with Gasteiger partial charge in [-0.1, -0.05) is 0 Å². The molecule has 2 aromatic rings. The third kappa shape index (κ3) is 3.63. The van der Waals surface area contributed by atoms with Crippen molar-refractivity contribution in [1.82, 2.24) is 5.32 Å². The molecule has 2 heterocycles. The summed E-state index contributed by atoms with van der Waals surface area (Å²) in [4.78, 5) is 38.2. The highest BCUT2D eigenvalue weighted by Crippen LogP contribution is 2.47. The molecule has 2 aromatic carbocycles. The minimum absolute atomic E-state index is 0.174. The van der Waals surface area contributed by atoms with Gasteiger partial charge in [0.15, 0.2) is 0 Å². The number of halogens is 1. The van der Waals surface area contributed by atoms with Crippen molar-refractivity contribution < 1.29 is 28.6 Å². The Morgan fingerprint density at radius 2 is 2.00 bits per heavy atom. The van der Waals surface area contributed by atoms with Crippen LogP contribution >= 0.6 is 0 Å². The van der Waals surface area contributed by atoms with Crippen LogP contribution in [0, 0.1) is 11.7 Å². The van der Waals surface area contributed by atoms with E-state index in [4.69, 9.17) is 4.74 Å². The van der Waals surface area contributed by atoms with Gasteiger partial charge in [0.25, 0.3) is 0 Å². The third-order valence-corrected chi connectivity index (χ3v) is 6.00. The van der Waals surface area contributed by atoms with Gasteiger partial charge in [-0.2, -0.15) is 0 Å². The Bertz CT molecular complexity index is 1070. The monoisotopic (exact) mass is 441 g/mol. The van der Waals surface area contributed by atoms with Crippen molar-refractivity contribution in [2.45, 2.75) is 38.0 Å². The Balaban J connectivity index is 1.64. The molecule has 32 heavy (non-hydrogen) atoms. The molecule has 168 valence electrons. The van der Waals surface area contributed by atoms with Crippen molar-refractivity contribution in [3.8, 4) is 0 Å². The van der Waals surface area contributed by atoms with Crippen molar-refractivity contribution in [2.24, 2.45) is 5.92 Å². The number of hydrogen-bond donors (Lipinski definition) is 4. The normalized spacial score (nSPS) is 24.7. The molecule has 0 aliphatic carbocycles. The van der Waals surface area contributed by atoms with Gasteiger partial charge in [0, 0.05) is 23.0 Å². The second kappa shape index (κ2) is 8.33. The van der Waals surface area contributed by atoms with E-state index >= 15 is 0 Å². The van der Waals surface area contributed by atoms with Crippen LogP contribution in [0.2, 0.25) is 0 Å². The molecule has 2 aliphatic rings. The minimum Gasteiger partial charge on any atom is -0.462 e. The van der Waals surface area contributed by atoms with E-state index in [1.165, 1.54) is 30.3 Å². The maximum Gasteiger partial charge on any atom is 0.338 e. The average molecular weight is 441 g/mol. The number of rotatable bonds is 5. The lowest BCUT2D eigenvalue weighted by atomic mass is 9.79. The van der Waals surface area contributed by atoms with Crippen LogP contribution in [0.3, 0.4) is 0 Å². The molecule has 1 spiro atoms. The second-order valence-corrected chi connectivity index (χ2v) is 8.02. The lowest BCUT2D eigenvalue weighted by molar-refractivity contribution is -0.130. The summed E-state index contributed by atoms with van der Waals surface area (Å²) in [7, 11) is 0. The summed E-state index contributed by atoms with van der Waals surface area (Å²) in [6.07, 6.45) is -0.660. The lowest BCUT2D eigenvalue weighted by Gasteiger charge is -2.29. The van der Waals surface area contributed by atoms with Gasteiger partial charge in [-0.3, -0.25) is 14.9 Å². The zero-order chi connectivity index (χ0) is 23.0. The van der Waals surface area contributed by atoms with Gasteiger partial charge in [-0.25, -0.2) is 9.18 Å². The summed E-state index contributed by atoms with van der Waals surface area (Å²) >= 11 is 0. The van der Waals surface area contributed by atoms with Crippen LogP contribution < -0.4 is 16.0 Å². The molecule has 0 radical (unpaired) electrons. The quantitative estimate of drug-likeness (QED) is 0.529. The molecular weight excluding hydrogens is 417 g/mol. The number of benzene rings is 2.